The highest BCUT2D eigenvalue weighted by Crippen LogP contribution is 2.09. The number of hydrogen-bond donors (Lipinski definition) is 1. The van der Waals surface area contributed by atoms with Gasteiger partial charge in [-0.05, 0) is 24.5 Å². The van der Waals surface area contributed by atoms with Gasteiger partial charge in [0.1, 0.15) is 6.61 Å². The monoisotopic (exact) mass is 243 g/mol. The van der Waals surface area contributed by atoms with Crippen LogP contribution in [0.4, 0.5) is 0 Å². The second-order valence-electron chi connectivity index (χ2n) is 4.31. The summed E-state index contributed by atoms with van der Waals surface area (Å²) in [4.78, 5) is 14.6. The minimum Gasteiger partial charge on any atom is -0.483 e. The van der Waals surface area contributed by atoms with Crippen LogP contribution in [0.3, 0.4) is 0 Å². The molecule has 0 atom stereocenters. The van der Waals surface area contributed by atoms with Crippen LogP contribution in [0.2, 0.25) is 0 Å². The molecule has 2 aromatic rings. The SMILES string of the molecule is CCc1cccc(COc2c[nH]c(C)cc2=O)c1. The van der Waals surface area contributed by atoms with Crippen LogP contribution in [-0.4, -0.2) is 4.98 Å². The molecule has 1 aromatic heterocycles. The maximum Gasteiger partial charge on any atom is 0.223 e. The summed E-state index contributed by atoms with van der Waals surface area (Å²) in [5.74, 6) is 0.363. The van der Waals surface area contributed by atoms with Gasteiger partial charge in [0.2, 0.25) is 5.43 Å². The number of ether oxygens (including phenoxy) is 1. The first-order valence-corrected chi connectivity index (χ1v) is 6.09. The Labute approximate surface area is 106 Å². The van der Waals surface area contributed by atoms with Gasteiger partial charge in [-0.25, -0.2) is 0 Å². The van der Waals surface area contributed by atoms with Crippen LogP contribution in [0.1, 0.15) is 23.7 Å². The number of aromatic amines is 1. The smallest absolute Gasteiger partial charge is 0.223 e. The van der Waals surface area contributed by atoms with E-state index in [4.69, 9.17) is 4.74 Å². The molecular formula is C15H17NO2. The van der Waals surface area contributed by atoms with E-state index in [1.165, 1.54) is 11.6 Å². The van der Waals surface area contributed by atoms with Crippen molar-refractivity contribution in [2.45, 2.75) is 26.9 Å². The zero-order chi connectivity index (χ0) is 13.0. The summed E-state index contributed by atoms with van der Waals surface area (Å²) in [6.45, 7) is 4.38. The number of rotatable bonds is 4. The Morgan fingerprint density at radius 3 is 2.72 bits per heavy atom. The van der Waals surface area contributed by atoms with Crippen molar-refractivity contribution in [1.29, 1.82) is 0 Å². The molecule has 94 valence electrons. The van der Waals surface area contributed by atoms with E-state index >= 15 is 0 Å². The van der Waals surface area contributed by atoms with Crippen LogP contribution in [0.5, 0.6) is 5.75 Å². The first-order valence-electron chi connectivity index (χ1n) is 6.09. The van der Waals surface area contributed by atoms with Crippen molar-refractivity contribution in [3.63, 3.8) is 0 Å². The van der Waals surface area contributed by atoms with E-state index < -0.39 is 0 Å². The number of H-pyrrole nitrogens is 1. The van der Waals surface area contributed by atoms with Crippen LogP contribution >= 0.6 is 0 Å². The molecule has 0 aliphatic heterocycles. The summed E-state index contributed by atoms with van der Waals surface area (Å²) in [6.07, 6.45) is 2.61. The first kappa shape index (κ1) is 12.4. The Kier molecular flexibility index (Phi) is 3.82. The van der Waals surface area contributed by atoms with Gasteiger partial charge in [-0.1, -0.05) is 31.2 Å². The molecule has 1 heterocycles. The Morgan fingerprint density at radius 2 is 2.00 bits per heavy atom. The zero-order valence-corrected chi connectivity index (χ0v) is 10.7. The maximum absolute atomic E-state index is 11.6. The molecular weight excluding hydrogens is 226 g/mol. The van der Waals surface area contributed by atoms with Crippen molar-refractivity contribution in [2.24, 2.45) is 0 Å². The van der Waals surface area contributed by atoms with Crippen LogP contribution in [0.25, 0.3) is 0 Å². The van der Waals surface area contributed by atoms with Crippen LogP contribution in [-0.2, 0) is 13.0 Å². The third-order valence-electron chi connectivity index (χ3n) is 2.82. The zero-order valence-electron chi connectivity index (χ0n) is 10.7. The van der Waals surface area contributed by atoms with E-state index in [9.17, 15) is 4.79 Å². The molecule has 0 amide bonds. The van der Waals surface area contributed by atoms with Gasteiger partial charge in [0.15, 0.2) is 5.75 Å². The highest BCUT2D eigenvalue weighted by Gasteiger charge is 2.01. The van der Waals surface area contributed by atoms with Crippen molar-refractivity contribution in [1.82, 2.24) is 4.98 Å². The average molecular weight is 243 g/mol. The molecule has 0 bridgehead atoms. The van der Waals surface area contributed by atoms with Crippen molar-refractivity contribution in [3.05, 3.63) is 63.6 Å². The molecule has 0 radical (unpaired) electrons. The van der Waals surface area contributed by atoms with Gasteiger partial charge in [-0.15, -0.1) is 0 Å². The fraction of sp³-hybridized carbons (Fsp3) is 0.267. The van der Waals surface area contributed by atoms with E-state index in [0.29, 0.717) is 12.4 Å². The Hall–Kier alpha value is -2.03. The van der Waals surface area contributed by atoms with Gasteiger partial charge in [0.25, 0.3) is 0 Å². The number of nitrogens with one attached hydrogen (secondary N) is 1. The van der Waals surface area contributed by atoms with Gasteiger partial charge in [-0.2, -0.15) is 0 Å². The van der Waals surface area contributed by atoms with E-state index in [0.717, 1.165) is 17.7 Å². The van der Waals surface area contributed by atoms with E-state index in [1.807, 2.05) is 19.1 Å². The summed E-state index contributed by atoms with van der Waals surface area (Å²) < 4.78 is 5.53. The molecule has 3 heteroatoms. The predicted molar refractivity (Wildman–Crippen MR) is 72.0 cm³/mol. The third kappa shape index (κ3) is 3.00. The Balaban J connectivity index is 2.09. The van der Waals surface area contributed by atoms with E-state index in [-0.39, 0.29) is 5.43 Å². The van der Waals surface area contributed by atoms with Crippen LogP contribution < -0.4 is 10.2 Å². The number of pyridine rings is 1. The summed E-state index contributed by atoms with van der Waals surface area (Å²) in [5, 5.41) is 0. The number of aryl methyl sites for hydroxylation is 2. The minimum atomic E-state index is -0.0853. The van der Waals surface area contributed by atoms with E-state index in [1.54, 1.807) is 6.20 Å². The molecule has 3 nitrogen and oxygen atoms in total. The lowest BCUT2D eigenvalue weighted by molar-refractivity contribution is 0.302. The summed E-state index contributed by atoms with van der Waals surface area (Å²) in [6, 6.07) is 9.74. The second-order valence-corrected chi connectivity index (χ2v) is 4.31. The first-order chi connectivity index (χ1) is 8.69. The van der Waals surface area contributed by atoms with Gasteiger partial charge in [-0.3, -0.25) is 4.79 Å². The van der Waals surface area contributed by atoms with Crippen molar-refractivity contribution in [3.8, 4) is 5.75 Å². The van der Waals surface area contributed by atoms with Crippen molar-refractivity contribution < 1.29 is 4.74 Å². The molecule has 0 saturated heterocycles. The third-order valence-corrected chi connectivity index (χ3v) is 2.82. The highest BCUT2D eigenvalue weighted by atomic mass is 16.5. The summed E-state index contributed by atoms with van der Waals surface area (Å²) in [7, 11) is 0. The fourth-order valence-corrected chi connectivity index (χ4v) is 1.77. The van der Waals surface area contributed by atoms with Crippen LogP contribution in [0.15, 0.2) is 41.3 Å². The standard InChI is InChI=1S/C15H17NO2/c1-3-12-5-4-6-13(8-12)10-18-15-9-16-11(2)7-14(15)17/h4-9H,3,10H2,1-2H3,(H,16,17). The van der Waals surface area contributed by atoms with Gasteiger partial charge >= 0.3 is 0 Å². The highest BCUT2D eigenvalue weighted by molar-refractivity contribution is 5.24. The Bertz CT molecular complexity index is 587. The molecule has 0 aliphatic rings. The Morgan fingerprint density at radius 1 is 1.22 bits per heavy atom. The molecule has 1 N–H and O–H groups in total. The van der Waals surface area contributed by atoms with Crippen molar-refractivity contribution in [2.75, 3.05) is 0 Å². The predicted octanol–water partition coefficient (Wildman–Crippen LogP) is 2.82. The molecule has 0 spiro atoms. The lowest BCUT2D eigenvalue weighted by atomic mass is 10.1. The maximum atomic E-state index is 11.6. The molecule has 1 aromatic carbocycles. The normalized spacial score (nSPS) is 10.3. The molecule has 2 rings (SSSR count). The number of benzene rings is 1. The van der Waals surface area contributed by atoms with Gasteiger partial charge in [0, 0.05) is 18.0 Å². The van der Waals surface area contributed by atoms with Crippen LogP contribution in [0, 0.1) is 6.92 Å². The molecule has 0 fully saturated rings. The number of aromatic nitrogens is 1. The van der Waals surface area contributed by atoms with E-state index in [2.05, 4.69) is 24.0 Å². The van der Waals surface area contributed by atoms with Crippen molar-refractivity contribution >= 4 is 0 Å². The molecule has 0 unspecified atom stereocenters. The minimum absolute atomic E-state index is 0.0853. The quantitative estimate of drug-likeness (QED) is 0.897. The lowest BCUT2D eigenvalue weighted by Crippen LogP contribution is -2.08. The summed E-state index contributed by atoms with van der Waals surface area (Å²) in [5.41, 5.74) is 3.10. The molecule has 0 aliphatic carbocycles. The lowest BCUT2D eigenvalue weighted by Gasteiger charge is -2.07. The largest absolute Gasteiger partial charge is 0.483 e. The molecule has 18 heavy (non-hydrogen) atoms. The average Bonchev–Trinajstić information content (AvgIpc) is 2.38. The number of hydrogen-bond acceptors (Lipinski definition) is 2. The van der Waals surface area contributed by atoms with Gasteiger partial charge < -0.3 is 9.72 Å². The fourth-order valence-electron chi connectivity index (χ4n) is 1.77. The molecule has 0 saturated carbocycles. The second kappa shape index (κ2) is 5.54. The summed E-state index contributed by atoms with van der Waals surface area (Å²) >= 11 is 0. The topological polar surface area (TPSA) is 42.1 Å². The van der Waals surface area contributed by atoms with Gasteiger partial charge in [0.05, 0.1) is 0 Å².